The molecule has 4 rings (SSSR count). The number of aromatic nitrogens is 2. The first kappa shape index (κ1) is 20.0. The van der Waals surface area contributed by atoms with Gasteiger partial charge < -0.3 is 5.32 Å². The average Bonchev–Trinajstić information content (AvgIpc) is 3.07. The van der Waals surface area contributed by atoms with E-state index < -0.39 is 6.04 Å². The number of nitrogens with one attached hydrogen (secondary N) is 1. The summed E-state index contributed by atoms with van der Waals surface area (Å²) in [6.07, 6.45) is 1.41. The quantitative estimate of drug-likeness (QED) is 0.500. The minimum absolute atomic E-state index is 0.295. The first-order chi connectivity index (χ1) is 14.4. The Morgan fingerprint density at radius 1 is 1.13 bits per heavy atom. The summed E-state index contributed by atoms with van der Waals surface area (Å²) in [6.45, 7) is 5.48. The normalized spacial score (nSPS) is 12.1. The molecule has 4 aromatic rings. The number of benzene rings is 2. The maximum Gasteiger partial charge on any atom is 0.263 e. The van der Waals surface area contributed by atoms with Gasteiger partial charge in [0.1, 0.15) is 16.7 Å². The van der Waals surface area contributed by atoms with Gasteiger partial charge in [0.05, 0.1) is 11.7 Å². The molecule has 0 bridgehead atoms. The van der Waals surface area contributed by atoms with E-state index in [2.05, 4.69) is 10.3 Å². The number of aryl methyl sites for hydroxylation is 2. The van der Waals surface area contributed by atoms with Gasteiger partial charge in [-0.1, -0.05) is 30.3 Å². The lowest BCUT2D eigenvalue weighted by atomic mass is 10.0. The van der Waals surface area contributed by atoms with Crippen molar-refractivity contribution < 1.29 is 9.18 Å². The lowest BCUT2D eigenvalue weighted by molar-refractivity contribution is -0.118. The molecule has 0 aliphatic rings. The second-order valence-electron chi connectivity index (χ2n) is 7.16. The smallest absolute Gasteiger partial charge is 0.263 e. The second-order valence-corrected chi connectivity index (χ2v) is 8.36. The third kappa shape index (κ3) is 3.52. The van der Waals surface area contributed by atoms with E-state index in [1.807, 2.05) is 38.1 Å². The number of rotatable bonds is 4. The van der Waals surface area contributed by atoms with Gasteiger partial charge in [-0.3, -0.25) is 14.2 Å². The minimum Gasteiger partial charge on any atom is -0.324 e. The molecule has 2 aromatic carbocycles. The van der Waals surface area contributed by atoms with Crippen LogP contribution in [0.1, 0.15) is 23.4 Å². The molecule has 0 radical (unpaired) electrons. The summed E-state index contributed by atoms with van der Waals surface area (Å²) in [7, 11) is 0. The summed E-state index contributed by atoms with van der Waals surface area (Å²) in [5.74, 6) is -0.643. The number of nitrogens with zero attached hydrogens (tertiary/aromatic N) is 2. The van der Waals surface area contributed by atoms with Crippen LogP contribution >= 0.6 is 11.3 Å². The van der Waals surface area contributed by atoms with E-state index in [1.165, 1.54) is 34.4 Å². The van der Waals surface area contributed by atoms with Gasteiger partial charge >= 0.3 is 0 Å². The Bertz CT molecular complexity index is 1310. The Morgan fingerprint density at radius 2 is 1.83 bits per heavy atom. The van der Waals surface area contributed by atoms with Gasteiger partial charge in [0.15, 0.2) is 0 Å². The number of fused-ring (bicyclic) bond motifs is 1. The molecule has 2 heterocycles. The van der Waals surface area contributed by atoms with Crippen LogP contribution in [0, 0.1) is 19.7 Å². The van der Waals surface area contributed by atoms with Gasteiger partial charge in [-0.2, -0.15) is 0 Å². The number of hydrogen-bond acceptors (Lipinski definition) is 4. The summed E-state index contributed by atoms with van der Waals surface area (Å²) in [4.78, 5) is 32.1. The third-order valence-corrected chi connectivity index (χ3v) is 6.16. The summed E-state index contributed by atoms with van der Waals surface area (Å²) in [5.41, 5.74) is 2.82. The van der Waals surface area contributed by atoms with Gasteiger partial charge in [-0.05, 0) is 50.1 Å². The third-order valence-electron chi connectivity index (χ3n) is 5.15. The van der Waals surface area contributed by atoms with Crippen LogP contribution in [-0.4, -0.2) is 15.5 Å². The topological polar surface area (TPSA) is 64.0 Å². The number of halogens is 1. The molecule has 0 aliphatic heterocycles. The number of thiophene rings is 1. The highest BCUT2D eigenvalue weighted by Gasteiger charge is 2.22. The molecule has 1 amide bonds. The molecule has 1 atom stereocenters. The van der Waals surface area contributed by atoms with Gasteiger partial charge in [-0.25, -0.2) is 9.37 Å². The fraction of sp³-hybridized carbons (Fsp3) is 0.174. The highest BCUT2D eigenvalue weighted by Crippen LogP contribution is 2.35. The zero-order chi connectivity index (χ0) is 21.4. The first-order valence-electron chi connectivity index (χ1n) is 9.49. The molecule has 2 aromatic heterocycles. The van der Waals surface area contributed by atoms with Gasteiger partial charge in [0, 0.05) is 16.1 Å². The lowest BCUT2D eigenvalue weighted by Crippen LogP contribution is -2.31. The predicted octanol–water partition coefficient (Wildman–Crippen LogP) is 5.08. The van der Waals surface area contributed by atoms with Gasteiger partial charge in [0.2, 0.25) is 5.91 Å². The van der Waals surface area contributed by atoms with Crippen LogP contribution in [0.2, 0.25) is 0 Å². The van der Waals surface area contributed by atoms with E-state index in [4.69, 9.17) is 0 Å². The van der Waals surface area contributed by atoms with Crippen molar-refractivity contribution in [1.82, 2.24) is 9.55 Å². The summed E-state index contributed by atoms with van der Waals surface area (Å²) in [5, 5.41) is 3.32. The van der Waals surface area contributed by atoms with Crippen LogP contribution in [0.15, 0.2) is 59.7 Å². The van der Waals surface area contributed by atoms with Crippen molar-refractivity contribution in [2.75, 3.05) is 5.32 Å². The maximum absolute atomic E-state index is 13.4. The number of carbonyl (C=O) groups excluding carboxylic acids is 1. The molecule has 152 valence electrons. The van der Waals surface area contributed by atoms with Crippen LogP contribution in [0.3, 0.4) is 0 Å². The zero-order valence-corrected chi connectivity index (χ0v) is 17.6. The van der Waals surface area contributed by atoms with Crippen molar-refractivity contribution in [3.63, 3.8) is 0 Å². The van der Waals surface area contributed by atoms with Crippen LogP contribution in [0.25, 0.3) is 21.3 Å². The summed E-state index contributed by atoms with van der Waals surface area (Å²) in [6, 6.07) is 12.7. The van der Waals surface area contributed by atoms with E-state index in [0.29, 0.717) is 15.9 Å². The number of para-hydroxylation sites is 1. The van der Waals surface area contributed by atoms with Crippen LogP contribution in [0.4, 0.5) is 10.1 Å². The fourth-order valence-electron chi connectivity index (χ4n) is 3.43. The number of anilines is 1. The first-order valence-corrected chi connectivity index (χ1v) is 10.3. The molecule has 1 unspecified atom stereocenters. The van der Waals surface area contributed by atoms with Crippen LogP contribution in [-0.2, 0) is 4.79 Å². The Kier molecular flexibility index (Phi) is 5.22. The van der Waals surface area contributed by atoms with E-state index in [-0.39, 0.29) is 17.3 Å². The van der Waals surface area contributed by atoms with Crippen molar-refractivity contribution in [2.24, 2.45) is 0 Å². The van der Waals surface area contributed by atoms with Crippen molar-refractivity contribution in [1.29, 1.82) is 0 Å². The predicted molar refractivity (Wildman–Crippen MR) is 119 cm³/mol. The van der Waals surface area contributed by atoms with E-state index in [1.54, 1.807) is 19.1 Å². The van der Waals surface area contributed by atoms with Crippen LogP contribution in [0.5, 0.6) is 0 Å². The number of hydrogen-bond donors (Lipinski definition) is 1. The largest absolute Gasteiger partial charge is 0.324 e. The molecule has 0 saturated heterocycles. The average molecular weight is 421 g/mol. The standard InChI is InChI=1S/C23H20FN3O2S/c1-13-6-4-5-7-18(13)26-21(28)14(2)27-12-25-22-20(23(27)29)19(15(3)30-22)16-8-10-17(24)11-9-16/h4-12,14H,1-3H3,(H,26,28). The molecule has 0 aliphatic carbocycles. The van der Waals surface area contributed by atoms with Gasteiger partial charge in [-0.15, -0.1) is 11.3 Å². The molecule has 5 nitrogen and oxygen atoms in total. The molecule has 30 heavy (non-hydrogen) atoms. The van der Waals surface area contributed by atoms with Crippen LogP contribution < -0.4 is 10.9 Å². The van der Waals surface area contributed by atoms with Crippen molar-refractivity contribution in [3.05, 3.63) is 81.5 Å². The molecule has 1 N–H and O–H groups in total. The van der Waals surface area contributed by atoms with E-state index >= 15 is 0 Å². The molecule has 0 saturated carbocycles. The fourth-order valence-corrected chi connectivity index (χ4v) is 4.44. The summed E-state index contributed by atoms with van der Waals surface area (Å²) < 4.78 is 14.7. The molecular formula is C23H20FN3O2S. The van der Waals surface area contributed by atoms with Gasteiger partial charge in [0.25, 0.3) is 5.56 Å². The maximum atomic E-state index is 13.4. The van der Waals surface area contributed by atoms with E-state index in [0.717, 1.165) is 21.6 Å². The Morgan fingerprint density at radius 3 is 2.53 bits per heavy atom. The SMILES string of the molecule is Cc1ccccc1NC(=O)C(C)n1cnc2sc(C)c(-c3ccc(F)cc3)c2c1=O. The highest BCUT2D eigenvalue weighted by molar-refractivity contribution is 7.19. The molecule has 0 fully saturated rings. The van der Waals surface area contributed by atoms with Crippen molar-refractivity contribution in [2.45, 2.75) is 26.8 Å². The highest BCUT2D eigenvalue weighted by atomic mass is 32.1. The Hall–Kier alpha value is -3.32. The Labute approximate surface area is 176 Å². The summed E-state index contributed by atoms with van der Waals surface area (Å²) >= 11 is 1.41. The zero-order valence-electron chi connectivity index (χ0n) is 16.8. The van der Waals surface area contributed by atoms with Crippen molar-refractivity contribution >= 4 is 33.1 Å². The minimum atomic E-state index is -0.754. The second kappa shape index (κ2) is 7.84. The molecular weight excluding hydrogens is 401 g/mol. The molecule has 7 heteroatoms. The lowest BCUT2D eigenvalue weighted by Gasteiger charge is -2.16. The van der Waals surface area contributed by atoms with Crippen molar-refractivity contribution in [3.8, 4) is 11.1 Å². The Balaban J connectivity index is 1.77. The monoisotopic (exact) mass is 421 g/mol. The number of amides is 1. The number of carbonyl (C=O) groups is 1. The molecule has 0 spiro atoms. The van der Waals surface area contributed by atoms with E-state index in [9.17, 15) is 14.0 Å².